The summed E-state index contributed by atoms with van der Waals surface area (Å²) in [7, 11) is 0. The Labute approximate surface area is 146 Å². The van der Waals surface area contributed by atoms with Crippen molar-refractivity contribution in [2.75, 3.05) is 5.32 Å². The lowest BCUT2D eigenvalue weighted by Crippen LogP contribution is -2.23. The SMILES string of the molecule is Cc1nnc(SC(C)C(=O)Nc2ccc3c(c2)CCC3)n1C1CC1. The Balaban J connectivity index is 1.43. The second-order valence-electron chi connectivity index (χ2n) is 6.72. The van der Waals surface area contributed by atoms with Gasteiger partial charge in [-0.3, -0.25) is 4.79 Å². The van der Waals surface area contributed by atoms with Gasteiger partial charge in [0.15, 0.2) is 5.16 Å². The highest BCUT2D eigenvalue weighted by Crippen LogP contribution is 2.39. The van der Waals surface area contributed by atoms with Crippen LogP contribution in [0.4, 0.5) is 5.69 Å². The lowest BCUT2D eigenvalue weighted by atomic mass is 10.1. The summed E-state index contributed by atoms with van der Waals surface area (Å²) in [5.74, 6) is 0.951. The average molecular weight is 342 g/mol. The molecule has 4 rings (SSSR count). The number of anilines is 1. The van der Waals surface area contributed by atoms with Crippen LogP contribution in [-0.2, 0) is 17.6 Å². The lowest BCUT2D eigenvalue weighted by Gasteiger charge is -2.13. The number of hydrogen-bond acceptors (Lipinski definition) is 4. The van der Waals surface area contributed by atoms with Gasteiger partial charge >= 0.3 is 0 Å². The highest BCUT2D eigenvalue weighted by atomic mass is 32.2. The number of thioether (sulfide) groups is 1. The van der Waals surface area contributed by atoms with Gasteiger partial charge in [-0.15, -0.1) is 10.2 Å². The molecule has 1 aromatic carbocycles. The van der Waals surface area contributed by atoms with E-state index in [1.807, 2.05) is 19.9 Å². The summed E-state index contributed by atoms with van der Waals surface area (Å²) in [5, 5.41) is 12.1. The van der Waals surface area contributed by atoms with Crippen molar-refractivity contribution in [1.82, 2.24) is 14.8 Å². The van der Waals surface area contributed by atoms with Crippen molar-refractivity contribution in [3.63, 3.8) is 0 Å². The molecule has 0 radical (unpaired) electrons. The third-order valence-corrected chi connectivity index (χ3v) is 5.82. The molecule has 1 N–H and O–H groups in total. The Hall–Kier alpha value is -1.82. The van der Waals surface area contributed by atoms with Gasteiger partial charge in [0, 0.05) is 11.7 Å². The van der Waals surface area contributed by atoms with Crippen LogP contribution in [0.2, 0.25) is 0 Å². The van der Waals surface area contributed by atoms with Gasteiger partial charge < -0.3 is 9.88 Å². The van der Waals surface area contributed by atoms with Crippen molar-refractivity contribution in [1.29, 1.82) is 0 Å². The summed E-state index contributed by atoms with van der Waals surface area (Å²) in [6.45, 7) is 3.90. The summed E-state index contributed by atoms with van der Waals surface area (Å²) >= 11 is 1.49. The van der Waals surface area contributed by atoms with E-state index >= 15 is 0 Å². The van der Waals surface area contributed by atoms with Crippen molar-refractivity contribution < 1.29 is 4.79 Å². The van der Waals surface area contributed by atoms with Crippen LogP contribution in [0.25, 0.3) is 0 Å². The minimum Gasteiger partial charge on any atom is -0.325 e. The monoisotopic (exact) mass is 342 g/mol. The molecule has 0 saturated heterocycles. The maximum atomic E-state index is 12.5. The zero-order chi connectivity index (χ0) is 16.7. The van der Waals surface area contributed by atoms with Gasteiger partial charge in [0.2, 0.25) is 5.91 Å². The van der Waals surface area contributed by atoms with Crippen LogP contribution >= 0.6 is 11.8 Å². The standard InChI is InChI=1S/C18H22N4OS/c1-11(24-18-21-20-12(2)22(18)16-8-9-16)17(23)19-15-7-6-13-4-3-5-14(13)10-15/h6-7,10-11,16H,3-5,8-9H2,1-2H3,(H,19,23). The number of fused-ring (bicyclic) bond motifs is 1. The molecule has 1 unspecified atom stereocenters. The first-order valence-electron chi connectivity index (χ1n) is 8.62. The molecular weight excluding hydrogens is 320 g/mol. The largest absolute Gasteiger partial charge is 0.325 e. The molecular formula is C18H22N4OS. The number of aryl methyl sites for hydroxylation is 3. The van der Waals surface area contributed by atoms with Crippen LogP contribution in [0.5, 0.6) is 0 Å². The van der Waals surface area contributed by atoms with Crippen LogP contribution < -0.4 is 5.32 Å². The summed E-state index contributed by atoms with van der Waals surface area (Å²) in [6.07, 6.45) is 5.86. The van der Waals surface area contributed by atoms with E-state index in [1.54, 1.807) is 0 Å². The summed E-state index contributed by atoms with van der Waals surface area (Å²) < 4.78 is 2.17. The quantitative estimate of drug-likeness (QED) is 0.845. The van der Waals surface area contributed by atoms with E-state index in [2.05, 4.69) is 32.2 Å². The second kappa shape index (κ2) is 6.24. The normalized spacial score (nSPS) is 17.6. The number of benzene rings is 1. The molecule has 2 aromatic rings. The van der Waals surface area contributed by atoms with Crippen molar-refractivity contribution in [2.24, 2.45) is 0 Å². The molecule has 126 valence electrons. The molecule has 1 fully saturated rings. The third kappa shape index (κ3) is 3.07. The van der Waals surface area contributed by atoms with Crippen LogP contribution in [0.1, 0.15) is 49.2 Å². The Morgan fingerprint density at radius 3 is 2.88 bits per heavy atom. The maximum absolute atomic E-state index is 12.5. The number of nitrogens with one attached hydrogen (secondary N) is 1. The number of aromatic nitrogens is 3. The van der Waals surface area contributed by atoms with E-state index in [0.29, 0.717) is 6.04 Å². The Morgan fingerprint density at radius 2 is 2.08 bits per heavy atom. The van der Waals surface area contributed by atoms with Crippen LogP contribution in [0, 0.1) is 6.92 Å². The number of amides is 1. The van der Waals surface area contributed by atoms with E-state index in [4.69, 9.17) is 0 Å². The van der Waals surface area contributed by atoms with Gasteiger partial charge in [-0.05, 0) is 69.2 Å². The van der Waals surface area contributed by atoms with Crippen molar-refractivity contribution in [3.05, 3.63) is 35.2 Å². The number of hydrogen-bond donors (Lipinski definition) is 1. The predicted molar refractivity (Wildman–Crippen MR) is 95.4 cm³/mol. The lowest BCUT2D eigenvalue weighted by molar-refractivity contribution is -0.115. The number of carbonyl (C=O) groups excluding carboxylic acids is 1. The van der Waals surface area contributed by atoms with Crippen LogP contribution in [0.15, 0.2) is 23.4 Å². The van der Waals surface area contributed by atoms with E-state index in [-0.39, 0.29) is 11.2 Å². The number of carbonyl (C=O) groups is 1. The van der Waals surface area contributed by atoms with Crippen molar-refractivity contribution >= 4 is 23.4 Å². The molecule has 1 aromatic heterocycles. The molecule has 24 heavy (non-hydrogen) atoms. The molecule has 1 saturated carbocycles. The predicted octanol–water partition coefficient (Wildman–Crippen LogP) is 3.53. The van der Waals surface area contributed by atoms with Gasteiger partial charge in [-0.25, -0.2) is 0 Å². The highest BCUT2D eigenvalue weighted by molar-refractivity contribution is 8.00. The minimum absolute atomic E-state index is 0.0148. The van der Waals surface area contributed by atoms with Gasteiger partial charge in [-0.2, -0.15) is 0 Å². The molecule has 5 nitrogen and oxygen atoms in total. The van der Waals surface area contributed by atoms with Gasteiger partial charge in [0.05, 0.1) is 5.25 Å². The first kappa shape index (κ1) is 15.7. The molecule has 2 aliphatic carbocycles. The molecule has 1 heterocycles. The molecule has 6 heteroatoms. The van der Waals surface area contributed by atoms with Gasteiger partial charge in [0.1, 0.15) is 5.82 Å². The van der Waals surface area contributed by atoms with E-state index in [0.717, 1.165) is 29.5 Å². The fraction of sp³-hybridized carbons (Fsp3) is 0.500. The van der Waals surface area contributed by atoms with E-state index in [9.17, 15) is 4.79 Å². The summed E-state index contributed by atoms with van der Waals surface area (Å²) in [4.78, 5) is 12.5. The smallest absolute Gasteiger partial charge is 0.237 e. The Kier molecular flexibility index (Phi) is 4.08. The molecule has 1 atom stereocenters. The maximum Gasteiger partial charge on any atom is 0.237 e. The topological polar surface area (TPSA) is 59.8 Å². The van der Waals surface area contributed by atoms with E-state index in [1.165, 1.54) is 42.2 Å². The number of nitrogens with zero attached hydrogens (tertiary/aromatic N) is 3. The third-order valence-electron chi connectivity index (χ3n) is 4.76. The average Bonchev–Trinajstić information content (AvgIpc) is 3.17. The first-order valence-corrected chi connectivity index (χ1v) is 9.50. The number of rotatable bonds is 5. The Morgan fingerprint density at radius 1 is 1.29 bits per heavy atom. The first-order chi connectivity index (χ1) is 11.6. The van der Waals surface area contributed by atoms with Gasteiger partial charge in [-0.1, -0.05) is 17.8 Å². The van der Waals surface area contributed by atoms with Crippen molar-refractivity contribution in [2.45, 2.75) is 62.4 Å². The van der Waals surface area contributed by atoms with Crippen molar-refractivity contribution in [3.8, 4) is 0 Å². The van der Waals surface area contributed by atoms with Crippen LogP contribution in [-0.4, -0.2) is 25.9 Å². The molecule has 0 spiro atoms. The zero-order valence-corrected chi connectivity index (χ0v) is 14.9. The van der Waals surface area contributed by atoms with E-state index < -0.39 is 0 Å². The molecule has 0 aliphatic heterocycles. The second-order valence-corrected chi connectivity index (χ2v) is 8.03. The zero-order valence-electron chi connectivity index (χ0n) is 14.1. The van der Waals surface area contributed by atoms with Crippen LogP contribution in [0.3, 0.4) is 0 Å². The fourth-order valence-corrected chi connectivity index (χ4v) is 4.25. The minimum atomic E-state index is -0.209. The van der Waals surface area contributed by atoms with Gasteiger partial charge in [0.25, 0.3) is 0 Å². The highest BCUT2D eigenvalue weighted by Gasteiger charge is 2.29. The fourth-order valence-electron chi connectivity index (χ4n) is 3.29. The summed E-state index contributed by atoms with van der Waals surface area (Å²) in [6, 6.07) is 6.79. The Bertz CT molecular complexity index is 781. The molecule has 0 bridgehead atoms. The summed E-state index contributed by atoms with van der Waals surface area (Å²) in [5.41, 5.74) is 3.69. The molecule has 1 amide bonds. The molecule has 2 aliphatic rings.